The highest BCUT2D eigenvalue weighted by molar-refractivity contribution is 5.98. The standard InChI is InChI=1S/C20H34N2O6/c23-19(24)17(5-3-1-2-4-7-21-9-13-27-14-10-21)18(20(25)26)6-8-22-11-15-28-16-12-22/h1-16H2,(H,23,24)(H,25,26). The summed E-state index contributed by atoms with van der Waals surface area (Å²) in [5.41, 5.74) is 0.112. The van der Waals surface area contributed by atoms with E-state index in [-0.39, 0.29) is 17.6 Å². The molecule has 0 aromatic heterocycles. The maximum Gasteiger partial charge on any atom is 0.332 e. The second-order valence-corrected chi connectivity index (χ2v) is 7.39. The van der Waals surface area contributed by atoms with Gasteiger partial charge in [0.2, 0.25) is 0 Å². The molecule has 0 bridgehead atoms. The molecule has 0 aromatic rings. The Hall–Kier alpha value is -1.48. The Morgan fingerprint density at radius 2 is 1.11 bits per heavy atom. The molecule has 8 heteroatoms. The maximum atomic E-state index is 11.6. The maximum absolute atomic E-state index is 11.6. The van der Waals surface area contributed by atoms with Gasteiger partial charge in [-0.15, -0.1) is 0 Å². The van der Waals surface area contributed by atoms with E-state index in [0.29, 0.717) is 32.6 Å². The number of hydrogen-bond donors (Lipinski definition) is 2. The van der Waals surface area contributed by atoms with Crippen molar-refractivity contribution in [3.8, 4) is 0 Å². The summed E-state index contributed by atoms with van der Waals surface area (Å²) in [5, 5.41) is 19.1. The Kier molecular flexibility index (Phi) is 10.5. The van der Waals surface area contributed by atoms with Gasteiger partial charge in [-0.3, -0.25) is 9.80 Å². The molecule has 0 saturated carbocycles. The summed E-state index contributed by atoms with van der Waals surface area (Å²) in [7, 11) is 0. The molecule has 8 nitrogen and oxygen atoms in total. The lowest BCUT2D eigenvalue weighted by Gasteiger charge is -2.26. The van der Waals surface area contributed by atoms with Crippen LogP contribution in [0.4, 0.5) is 0 Å². The third kappa shape index (κ3) is 8.26. The fraction of sp³-hybridized carbons (Fsp3) is 0.800. The average molecular weight is 399 g/mol. The van der Waals surface area contributed by atoms with Crippen LogP contribution < -0.4 is 0 Å². The lowest BCUT2D eigenvalue weighted by molar-refractivity contribution is -0.136. The third-order valence-corrected chi connectivity index (χ3v) is 5.42. The number of ether oxygens (including phenoxy) is 2. The van der Waals surface area contributed by atoms with Gasteiger partial charge in [-0.2, -0.15) is 0 Å². The van der Waals surface area contributed by atoms with Crippen LogP contribution in [0.3, 0.4) is 0 Å². The molecule has 28 heavy (non-hydrogen) atoms. The first-order chi connectivity index (χ1) is 13.6. The van der Waals surface area contributed by atoms with Gasteiger partial charge in [0.25, 0.3) is 0 Å². The molecule has 0 unspecified atom stereocenters. The summed E-state index contributed by atoms with van der Waals surface area (Å²) in [6.45, 7) is 7.98. The van der Waals surface area contributed by atoms with Crippen LogP contribution in [0.15, 0.2) is 11.1 Å². The van der Waals surface area contributed by atoms with Gasteiger partial charge in [0, 0.05) is 43.9 Å². The predicted octanol–water partition coefficient (Wildman–Crippen LogP) is 1.46. The molecule has 0 spiro atoms. The van der Waals surface area contributed by atoms with Crippen molar-refractivity contribution in [2.45, 2.75) is 38.5 Å². The van der Waals surface area contributed by atoms with E-state index in [1.807, 2.05) is 0 Å². The minimum atomic E-state index is -1.11. The summed E-state index contributed by atoms with van der Waals surface area (Å²) in [4.78, 5) is 27.8. The molecule has 2 aliphatic heterocycles. The number of nitrogens with zero attached hydrogens (tertiary/aromatic N) is 2. The highest BCUT2D eigenvalue weighted by atomic mass is 16.5. The van der Waals surface area contributed by atoms with Crippen molar-refractivity contribution in [3.63, 3.8) is 0 Å². The van der Waals surface area contributed by atoms with E-state index in [1.165, 1.54) is 0 Å². The zero-order chi connectivity index (χ0) is 20.2. The van der Waals surface area contributed by atoms with Crippen LogP contribution in [0.5, 0.6) is 0 Å². The molecular formula is C20H34N2O6. The topological polar surface area (TPSA) is 99.5 Å². The average Bonchev–Trinajstić information content (AvgIpc) is 2.70. The Balaban J connectivity index is 1.75. The van der Waals surface area contributed by atoms with Gasteiger partial charge >= 0.3 is 11.9 Å². The normalized spacial score (nSPS) is 20.0. The van der Waals surface area contributed by atoms with E-state index in [2.05, 4.69) is 9.80 Å². The molecule has 0 aromatic carbocycles. The second-order valence-electron chi connectivity index (χ2n) is 7.39. The van der Waals surface area contributed by atoms with Gasteiger partial charge in [0.15, 0.2) is 0 Å². The van der Waals surface area contributed by atoms with Crippen LogP contribution in [0.1, 0.15) is 38.5 Å². The molecule has 0 radical (unpaired) electrons. The molecule has 2 rings (SSSR count). The van der Waals surface area contributed by atoms with Gasteiger partial charge in [0.1, 0.15) is 0 Å². The summed E-state index contributed by atoms with van der Waals surface area (Å²) < 4.78 is 10.6. The van der Waals surface area contributed by atoms with E-state index < -0.39 is 11.9 Å². The molecule has 2 aliphatic rings. The largest absolute Gasteiger partial charge is 0.478 e. The molecule has 2 fully saturated rings. The number of hydrogen-bond acceptors (Lipinski definition) is 6. The fourth-order valence-corrected chi connectivity index (χ4v) is 3.68. The second kappa shape index (κ2) is 12.9. The first-order valence-corrected chi connectivity index (χ1v) is 10.4. The van der Waals surface area contributed by atoms with Crippen LogP contribution in [-0.4, -0.2) is 97.6 Å². The molecular weight excluding hydrogens is 364 g/mol. The van der Waals surface area contributed by atoms with E-state index in [0.717, 1.165) is 65.2 Å². The first kappa shape index (κ1) is 22.8. The van der Waals surface area contributed by atoms with Crippen LogP contribution >= 0.6 is 0 Å². The fourth-order valence-electron chi connectivity index (χ4n) is 3.68. The van der Waals surface area contributed by atoms with E-state index in [4.69, 9.17) is 9.47 Å². The van der Waals surface area contributed by atoms with Crippen molar-refractivity contribution < 1.29 is 29.3 Å². The minimum absolute atomic E-state index is 0.0484. The zero-order valence-corrected chi connectivity index (χ0v) is 16.7. The highest BCUT2D eigenvalue weighted by Gasteiger charge is 2.21. The van der Waals surface area contributed by atoms with Gasteiger partial charge in [-0.05, 0) is 32.2 Å². The lowest BCUT2D eigenvalue weighted by Crippen LogP contribution is -2.37. The Labute approximate surface area is 167 Å². The van der Waals surface area contributed by atoms with E-state index in [9.17, 15) is 19.8 Å². The summed E-state index contributed by atoms with van der Waals surface area (Å²) in [5.74, 6) is -2.22. The Morgan fingerprint density at radius 1 is 0.643 bits per heavy atom. The summed E-state index contributed by atoms with van der Waals surface area (Å²) in [6.07, 6.45) is 4.30. The smallest absolute Gasteiger partial charge is 0.332 e. The van der Waals surface area contributed by atoms with Gasteiger partial charge < -0.3 is 19.7 Å². The van der Waals surface area contributed by atoms with Gasteiger partial charge in [-0.25, -0.2) is 9.59 Å². The predicted molar refractivity (Wildman–Crippen MR) is 105 cm³/mol. The number of rotatable bonds is 12. The van der Waals surface area contributed by atoms with Crippen LogP contribution in [0.25, 0.3) is 0 Å². The molecule has 2 heterocycles. The molecule has 2 saturated heterocycles. The number of morpholine rings is 2. The van der Waals surface area contributed by atoms with Crippen molar-refractivity contribution in [3.05, 3.63) is 11.1 Å². The number of carbonyl (C=O) groups is 2. The Bertz CT molecular complexity index is 525. The van der Waals surface area contributed by atoms with Crippen LogP contribution in [-0.2, 0) is 19.1 Å². The first-order valence-electron chi connectivity index (χ1n) is 10.4. The van der Waals surface area contributed by atoms with Crippen LogP contribution in [0, 0.1) is 0 Å². The monoisotopic (exact) mass is 398 g/mol. The lowest BCUT2D eigenvalue weighted by atomic mass is 9.98. The highest BCUT2D eigenvalue weighted by Crippen LogP contribution is 2.19. The van der Waals surface area contributed by atoms with Crippen molar-refractivity contribution in [1.82, 2.24) is 9.80 Å². The van der Waals surface area contributed by atoms with Crippen molar-refractivity contribution in [2.24, 2.45) is 0 Å². The SMILES string of the molecule is O=C(O)C(CCCCCCN1CCOCC1)=C(CCN1CCOCC1)C(=O)O. The Morgan fingerprint density at radius 3 is 1.64 bits per heavy atom. The number of aliphatic carboxylic acids is 2. The van der Waals surface area contributed by atoms with Crippen LogP contribution in [0.2, 0.25) is 0 Å². The van der Waals surface area contributed by atoms with Crippen molar-refractivity contribution in [2.75, 3.05) is 65.7 Å². The molecule has 0 aliphatic carbocycles. The molecule has 0 amide bonds. The molecule has 0 atom stereocenters. The quantitative estimate of drug-likeness (QED) is 0.376. The third-order valence-electron chi connectivity index (χ3n) is 5.42. The minimum Gasteiger partial charge on any atom is -0.478 e. The molecule has 2 N–H and O–H groups in total. The van der Waals surface area contributed by atoms with Gasteiger partial charge in [0.05, 0.1) is 26.4 Å². The number of unbranched alkanes of at least 4 members (excludes halogenated alkanes) is 3. The molecule has 160 valence electrons. The van der Waals surface area contributed by atoms with Crippen molar-refractivity contribution >= 4 is 11.9 Å². The van der Waals surface area contributed by atoms with E-state index >= 15 is 0 Å². The van der Waals surface area contributed by atoms with Crippen molar-refractivity contribution in [1.29, 1.82) is 0 Å². The van der Waals surface area contributed by atoms with E-state index in [1.54, 1.807) is 0 Å². The zero-order valence-electron chi connectivity index (χ0n) is 16.7. The van der Waals surface area contributed by atoms with Gasteiger partial charge in [-0.1, -0.05) is 12.8 Å². The summed E-state index contributed by atoms with van der Waals surface area (Å²) in [6, 6.07) is 0. The summed E-state index contributed by atoms with van der Waals surface area (Å²) >= 11 is 0. The number of carboxylic acids is 2. The number of carboxylic acid groups (broad SMARTS) is 2.